The van der Waals surface area contributed by atoms with E-state index in [4.69, 9.17) is 13.6 Å². The Labute approximate surface area is 146 Å². The van der Waals surface area contributed by atoms with Crippen LogP contribution in [-0.4, -0.2) is 33.3 Å². The molecular weight excluding hydrogens is 326 g/mol. The van der Waals surface area contributed by atoms with Crippen LogP contribution < -0.4 is 9.47 Å². The number of imidazole rings is 1. The van der Waals surface area contributed by atoms with E-state index >= 15 is 0 Å². The molecule has 2 heterocycles. The number of benzene rings is 1. The summed E-state index contributed by atoms with van der Waals surface area (Å²) in [5.74, 6) is 0.998. The SMILES string of the molecule is [2H]C([2H])([2H])Oc1c(C)cnc(C[S@@](=O)c2nc3ccc(OC)cc3[nH]2)c1C. The van der Waals surface area contributed by atoms with Crippen molar-refractivity contribution >= 4 is 21.8 Å². The van der Waals surface area contributed by atoms with Gasteiger partial charge in [0.1, 0.15) is 11.5 Å². The maximum absolute atomic E-state index is 12.8. The second-order valence-electron chi connectivity index (χ2n) is 5.36. The number of pyridine rings is 1. The predicted octanol–water partition coefficient (Wildman–Crippen LogP) is 2.90. The average Bonchev–Trinajstić information content (AvgIpc) is 3.03. The molecule has 126 valence electrons. The van der Waals surface area contributed by atoms with E-state index < -0.39 is 17.8 Å². The van der Waals surface area contributed by atoms with Gasteiger partial charge in [-0.05, 0) is 26.0 Å². The van der Waals surface area contributed by atoms with Gasteiger partial charge in [-0.15, -0.1) is 0 Å². The van der Waals surface area contributed by atoms with Crippen LogP contribution in [0.1, 0.15) is 20.9 Å². The molecule has 0 aliphatic heterocycles. The van der Waals surface area contributed by atoms with Gasteiger partial charge in [0, 0.05) is 23.4 Å². The smallest absolute Gasteiger partial charge is 0.197 e. The number of aromatic amines is 1. The highest BCUT2D eigenvalue weighted by molar-refractivity contribution is 7.84. The summed E-state index contributed by atoms with van der Waals surface area (Å²) in [6, 6.07) is 5.34. The quantitative estimate of drug-likeness (QED) is 0.767. The minimum atomic E-state index is -2.56. The van der Waals surface area contributed by atoms with E-state index in [9.17, 15) is 4.21 Å². The number of fused-ring (bicyclic) bond motifs is 1. The number of aryl methyl sites for hydroxylation is 1. The van der Waals surface area contributed by atoms with Gasteiger partial charge in [-0.25, -0.2) is 4.98 Å². The number of aromatic nitrogens is 3. The molecule has 1 atom stereocenters. The molecule has 0 aliphatic carbocycles. The first-order chi connectivity index (χ1) is 12.7. The zero-order chi connectivity index (χ0) is 19.8. The summed E-state index contributed by atoms with van der Waals surface area (Å²) in [5.41, 5.74) is 3.05. The molecule has 0 amide bonds. The van der Waals surface area contributed by atoms with E-state index in [1.807, 2.05) is 0 Å². The number of methoxy groups -OCH3 is 2. The van der Waals surface area contributed by atoms with E-state index in [0.29, 0.717) is 33.2 Å². The molecule has 0 spiro atoms. The molecule has 0 unspecified atom stereocenters. The van der Waals surface area contributed by atoms with E-state index in [2.05, 4.69) is 15.0 Å². The van der Waals surface area contributed by atoms with Crippen molar-refractivity contribution < 1.29 is 17.8 Å². The number of hydrogen-bond acceptors (Lipinski definition) is 5. The second kappa shape index (κ2) is 6.60. The van der Waals surface area contributed by atoms with Crippen LogP contribution in [0.25, 0.3) is 11.0 Å². The Bertz CT molecular complexity index is 1020. The van der Waals surface area contributed by atoms with Crippen LogP contribution in [0.4, 0.5) is 0 Å². The number of ether oxygens (including phenoxy) is 2. The fourth-order valence-electron chi connectivity index (χ4n) is 2.45. The highest BCUT2D eigenvalue weighted by atomic mass is 32.2. The standard InChI is InChI=1S/C17H19N3O3S/c1-10-8-18-15(11(2)16(10)23-4)9-24(21)17-19-13-6-5-12(22-3)7-14(13)20-17/h5-8H,9H2,1-4H3,(H,19,20)/t24-/m1/s1/i4D3. The van der Waals surface area contributed by atoms with E-state index in [0.717, 1.165) is 5.52 Å². The van der Waals surface area contributed by atoms with Crippen LogP contribution in [0.5, 0.6) is 11.5 Å². The summed E-state index contributed by atoms with van der Waals surface area (Å²) in [5, 5.41) is 0.318. The van der Waals surface area contributed by atoms with Crippen molar-refractivity contribution in [3.63, 3.8) is 0 Å². The molecule has 7 heteroatoms. The third-order valence-electron chi connectivity index (χ3n) is 3.80. The van der Waals surface area contributed by atoms with Crippen LogP contribution in [0.3, 0.4) is 0 Å². The Morgan fingerprint density at radius 2 is 2.17 bits per heavy atom. The number of hydrogen-bond donors (Lipinski definition) is 1. The van der Waals surface area contributed by atoms with Crippen LogP contribution in [0.15, 0.2) is 29.6 Å². The molecule has 0 radical (unpaired) electrons. The summed E-state index contributed by atoms with van der Waals surface area (Å²) in [7, 11) is -2.48. The van der Waals surface area contributed by atoms with E-state index in [-0.39, 0.29) is 11.5 Å². The topological polar surface area (TPSA) is 77.1 Å². The number of H-pyrrole nitrogens is 1. The predicted molar refractivity (Wildman–Crippen MR) is 93.0 cm³/mol. The van der Waals surface area contributed by atoms with Crippen molar-refractivity contribution in [2.75, 3.05) is 14.1 Å². The Morgan fingerprint density at radius 1 is 1.33 bits per heavy atom. The number of rotatable bonds is 5. The summed E-state index contributed by atoms with van der Waals surface area (Å²) in [6.45, 7) is 3.42. The molecule has 6 nitrogen and oxygen atoms in total. The van der Waals surface area contributed by atoms with Crippen LogP contribution in [-0.2, 0) is 16.6 Å². The van der Waals surface area contributed by atoms with Gasteiger partial charge < -0.3 is 14.5 Å². The van der Waals surface area contributed by atoms with Gasteiger partial charge in [-0.1, -0.05) is 0 Å². The first-order valence-electron chi connectivity index (χ1n) is 8.74. The number of nitrogens with one attached hydrogen (secondary N) is 1. The summed E-state index contributed by atoms with van der Waals surface area (Å²) >= 11 is 0. The third kappa shape index (κ3) is 2.99. The van der Waals surface area contributed by atoms with Gasteiger partial charge in [0.25, 0.3) is 0 Å². The van der Waals surface area contributed by atoms with E-state index in [1.54, 1.807) is 39.2 Å². The van der Waals surface area contributed by atoms with Gasteiger partial charge in [0.2, 0.25) is 0 Å². The van der Waals surface area contributed by atoms with Crippen molar-refractivity contribution in [2.45, 2.75) is 24.8 Å². The summed E-state index contributed by atoms with van der Waals surface area (Å²) in [4.78, 5) is 11.7. The average molecular weight is 348 g/mol. The van der Waals surface area contributed by atoms with Gasteiger partial charge >= 0.3 is 0 Å². The van der Waals surface area contributed by atoms with Crippen molar-refractivity contribution in [3.8, 4) is 11.5 Å². The highest BCUT2D eigenvalue weighted by Gasteiger charge is 2.16. The molecule has 3 rings (SSSR count). The molecule has 1 N–H and O–H groups in total. The lowest BCUT2D eigenvalue weighted by Crippen LogP contribution is -2.05. The molecule has 2 aromatic heterocycles. The molecular formula is C17H19N3O3S. The summed E-state index contributed by atoms with van der Waals surface area (Å²) < 4.78 is 45.0. The molecule has 3 aromatic rings. The Morgan fingerprint density at radius 3 is 2.92 bits per heavy atom. The van der Waals surface area contributed by atoms with Gasteiger partial charge in [-0.3, -0.25) is 9.19 Å². The third-order valence-corrected chi connectivity index (χ3v) is 4.96. The molecule has 24 heavy (non-hydrogen) atoms. The van der Waals surface area contributed by atoms with Crippen molar-refractivity contribution in [1.82, 2.24) is 15.0 Å². The molecule has 0 saturated heterocycles. The zero-order valence-electron chi connectivity index (χ0n) is 16.5. The minimum absolute atomic E-state index is 0.0838. The first kappa shape index (κ1) is 12.9. The second-order valence-corrected chi connectivity index (χ2v) is 6.73. The Balaban J connectivity index is 1.89. The Kier molecular flexibility index (Phi) is 3.56. The zero-order valence-corrected chi connectivity index (χ0v) is 14.4. The van der Waals surface area contributed by atoms with Crippen LogP contribution >= 0.6 is 0 Å². The molecule has 0 saturated carbocycles. The molecule has 0 bridgehead atoms. The Hall–Kier alpha value is -2.41. The monoisotopic (exact) mass is 348 g/mol. The largest absolute Gasteiger partial charge is 0.497 e. The summed E-state index contributed by atoms with van der Waals surface area (Å²) in [6.07, 6.45) is 1.52. The fourth-order valence-corrected chi connectivity index (χ4v) is 3.55. The van der Waals surface area contributed by atoms with E-state index in [1.165, 1.54) is 6.20 Å². The molecule has 0 aliphatic rings. The lowest BCUT2D eigenvalue weighted by atomic mass is 10.1. The van der Waals surface area contributed by atoms with Crippen molar-refractivity contribution in [1.29, 1.82) is 0 Å². The lowest BCUT2D eigenvalue weighted by Gasteiger charge is -2.11. The number of nitrogens with zero attached hydrogens (tertiary/aromatic N) is 2. The van der Waals surface area contributed by atoms with Crippen molar-refractivity contribution in [2.24, 2.45) is 0 Å². The van der Waals surface area contributed by atoms with Crippen LogP contribution in [0, 0.1) is 13.8 Å². The molecule has 1 aromatic carbocycles. The fraction of sp³-hybridized carbons (Fsp3) is 0.294. The minimum Gasteiger partial charge on any atom is -0.497 e. The first-order valence-corrected chi connectivity index (χ1v) is 8.56. The van der Waals surface area contributed by atoms with Crippen molar-refractivity contribution in [3.05, 3.63) is 41.2 Å². The van der Waals surface area contributed by atoms with Crippen LogP contribution in [0.2, 0.25) is 0 Å². The van der Waals surface area contributed by atoms with Gasteiger partial charge in [0.15, 0.2) is 5.16 Å². The maximum atomic E-state index is 12.8. The highest BCUT2D eigenvalue weighted by Crippen LogP contribution is 2.26. The van der Waals surface area contributed by atoms with Gasteiger partial charge in [0.05, 0.1) is 51.5 Å². The van der Waals surface area contributed by atoms with Gasteiger partial charge in [-0.2, -0.15) is 0 Å². The maximum Gasteiger partial charge on any atom is 0.197 e. The normalized spacial score (nSPS) is 14.7. The molecule has 0 fully saturated rings. The lowest BCUT2D eigenvalue weighted by molar-refractivity contribution is 0.407.